The van der Waals surface area contributed by atoms with Gasteiger partial charge in [-0.1, -0.05) is 42.8 Å². The maximum absolute atomic E-state index is 12.4. The molecule has 188 valence electrons. The third kappa shape index (κ3) is 6.66. The van der Waals surface area contributed by atoms with Crippen LogP contribution in [0.1, 0.15) is 30.0 Å². The zero-order valence-corrected chi connectivity index (χ0v) is 20.9. The number of benzene rings is 2. The quantitative estimate of drug-likeness (QED) is 0.440. The first kappa shape index (κ1) is 25.3. The Morgan fingerprint density at radius 2 is 1.81 bits per heavy atom. The molecule has 0 aliphatic carbocycles. The Morgan fingerprint density at radius 3 is 2.44 bits per heavy atom. The molecule has 0 spiro atoms. The van der Waals surface area contributed by atoms with E-state index >= 15 is 0 Å². The first-order valence-electron chi connectivity index (χ1n) is 12.0. The lowest BCUT2D eigenvalue weighted by atomic mass is 10.1. The fourth-order valence-corrected chi connectivity index (χ4v) is 4.46. The fourth-order valence-electron chi connectivity index (χ4n) is 4.19. The van der Waals surface area contributed by atoms with Gasteiger partial charge in [0.05, 0.1) is 6.33 Å². The molecule has 1 unspecified atom stereocenters. The third-order valence-corrected chi connectivity index (χ3v) is 6.42. The van der Waals surface area contributed by atoms with Gasteiger partial charge in [0, 0.05) is 55.8 Å². The van der Waals surface area contributed by atoms with Gasteiger partial charge in [-0.2, -0.15) is 0 Å². The van der Waals surface area contributed by atoms with Crippen molar-refractivity contribution < 1.29 is 14.7 Å². The number of carboxylic acid groups (broad SMARTS) is 1. The predicted octanol–water partition coefficient (Wildman–Crippen LogP) is 4.45. The number of piperazine rings is 1. The molecule has 2 aromatic carbocycles. The average molecular weight is 508 g/mol. The van der Waals surface area contributed by atoms with E-state index in [1.54, 1.807) is 24.3 Å². The van der Waals surface area contributed by atoms with Crippen molar-refractivity contribution >= 4 is 41.4 Å². The summed E-state index contributed by atoms with van der Waals surface area (Å²) in [4.78, 5) is 31.5. The SMILES string of the molecule is CCC(NC(=O)N1CCN(c2ccc(/C=C/c3cc(Cl)cc(Cn4ccnc4)c3)cc2)CC1)C(=O)O. The second-order valence-electron chi connectivity index (χ2n) is 8.78. The normalized spacial score (nSPS) is 14.7. The minimum absolute atomic E-state index is 0.321. The van der Waals surface area contributed by atoms with Gasteiger partial charge in [-0.05, 0) is 53.4 Å². The van der Waals surface area contributed by atoms with Crippen LogP contribution in [0, 0.1) is 0 Å². The van der Waals surface area contributed by atoms with E-state index in [0.29, 0.717) is 44.2 Å². The average Bonchev–Trinajstić information content (AvgIpc) is 3.39. The molecule has 0 saturated carbocycles. The van der Waals surface area contributed by atoms with Crippen molar-refractivity contribution in [3.05, 3.63) is 82.9 Å². The lowest BCUT2D eigenvalue weighted by Crippen LogP contribution is -2.54. The number of hydrogen-bond donors (Lipinski definition) is 2. The summed E-state index contributed by atoms with van der Waals surface area (Å²) < 4.78 is 2.00. The van der Waals surface area contributed by atoms with Gasteiger partial charge in [0.15, 0.2) is 0 Å². The number of nitrogens with zero attached hydrogens (tertiary/aromatic N) is 4. The van der Waals surface area contributed by atoms with E-state index in [1.165, 1.54) is 0 Å². The van der Waals surface area contributed by atoms with Crippen LogP contribution in [0.4, 0.5) is 10.5 Å². The monoisotopic (exact) mass is 507 g/mol. The van der Waals surface area contributed by atoms with Crippen molar-refractivity contribution in [1.29, 1.82) is 0 Å². The van der Waals surface area contributed by atoms with Crippen LogP contribution >= 0.6 is 11.6 Å². The summed E-state index contributed by atoms with van der Waals surface area (Å²) in [5.41, 5.74) is 4.31. The van der Waals surface area contributed by atoms with Crippen molar-refractivity contribution in [3.8, 4) is 0 Å². The summed E-state index contributed by atoms with van der Waals surface area (Å²) in [5, 5.41) is 12.4. The molecule has 1 aliphatic rings. The van der Waals surface area contributed by atoms with Crippen LogP contribution in [0.3, 0.4) is 0 Å². The van der Waals surface area contributed by atoms with Crippen LogP contribution in [0.25, 0.3) is 12.2 Å². The Hall–Kier alpha value is -3.78. The third-order valence-electron chi connectivity index (χ3n) is 6.20. The molecular weight excluding hydrogens is 478 g/mol. The van der Waals surface area contributed by atoms with Gasteiger partial charge in [-0.3, -0.25) is 0 Å². The molecule has 2 N–H and O–H groups in total. The van der Waals surface area contributed by atoms with Crippen molar-refractivity contribution in [3.63, 3.8) is 0 Å². The van der Waals surface area contributed by atoms with E-state index in [9.17, 15) is 9.59 Å². The molecule has 8 nitrogen and oxygen atoms in total. The van der Waals surface area contributed by atoms with E-state index in [1.807, 2.05) is 22.9 Å². The first-order valence-corrected chi connectivity index (χ1v) is 12.4. The number of carbonyl (C=O) groups is 2. The molecule has 0 radical (unpaired) electrons. The molecule has 1 fully saturated rings. The zero-order valence-electron chi connectivity index (χ0n) is 20.2. The molecule has 2 heterocycles. The molecule has 1 aromatic heterocycles. The zero-order chi connectivity index (χ0) is 25.5. The number of carboxylic acids is 1. The Kier molecular flexibility index (Phi) is 8.28. The van der Waals surface area contributed by atoms with Gasteiger partial charge >= 0.3 is 12.0 Å². The van der Waals surface area contributed by atoms with Crippen LogP contribution in [0.15, 0.2) is 61.2 Å². The number of imidazole rings is 1. The smallest absolute Gasteiger partial charge is 0.326 e. The Labute approximate surface area is 215 Å². The minimum Gasteiger partial charge on any atom is -0.480 e. The van der Waals surface area contributed by atoms with Crippen molar-refractivity contribution in [2.75, 3.05) is 31.1 Å². The van der Waals surface area contributed by atoms with E-state index in [0.717, 1.165) is 22.4 Å². The standard InChI is InChI=1S/C27H30ClN5O3/c1-2-25(26(34)35)30-27(36)33-13-11-32(12-14-33)24-7-5-20(6-8-24)3-4-21-15-22(17-23(28)16-21)18-31-10-9-29-19-31/h3-10,15-17,19,25H,2,11-14,18H2,1H3,(H,30,36)(H,34,35)/b4-3+. The van der Waals surface area contributed by atoms with Gasteiger partial charge < -0.3 is 24.8 Å². The summed E-state index contributed by atoms with van der Waals surface area (Å²) in [7, 11) is 0. The Balaban J connectivity index is 1.32. The molecule has 4 rings (SSSR count). The lowest BCUT2D eigenvalue weighted by molar-refractivity contribution is -0.139. The molecule has 9 heteroatoms. The number of nitrogens with one attached hydrogen (secondary N) is 1. The molecule has 1 saturated heterocycles. The summed E-state index contributed by atoms with van der Waals surface area (Å²) in [6.07, 6.45) is 9.94. The highest BCUT2D eigenvalue weighted by atomic mass is 35.5. The first-order chi connectivity index (χ1) is 17.4. The van der Waals surface area contributed by atoms with E-state index in [2.05, 4.69) is 57.7 Å². The number of amides is 2. The van der Waals surface area contributed by atoms with Gasteiger partial charge in [-0.15, -0.1) is 0 Å². The minimum atomic E-state index is -1.01. The second kappa shape index (κ2) is 11.8. The topological polar surface area (TPSA) is 90.7 Å². The largest absolute Gasteiger partial charge is 0.480 e. The molecule has 36 heavy (non-hydrogen) atoms. The van der Waals surface area contributed by atoms with Gasteiger partial charge in [0.1, 0.15) is 6.04 Å². The van der Waals surface area contributed by atoms with Crippen LogP contribution < -0.4 is 10.2 Å². The van der Waals surface area contributed by atoms with Gasteiger partial charge in [-0.25, -0.2) is 14.6 Å². The van der Waals surface area contributed by atoms with E-state index in [4.69, 9.17) is 16.7 Å². The van der Waals surface area contributed by atoms with E-state index in [-0.39, 0.29) is 6.03 Å². The number of aromatic nitrogens is 2. The highest BCUT2D eigenvalue weighted by Gasteiger charge is 2.25. The molecule has 1 aliphatic heterocycles. The number of aliphatic carboxylic acids is 1. The summed E-state index contributed by atoms with van der Waals surface area (Å²) >= 11 is 6.34. The van der Waals surface area contributed by atoms with Gasteiger partial charge in [0.25, 0.3) is 0 Å². The summed E-state index contributed by atoms with van der Waals surface area (Å²) in [6, 6.07) is 13.1. The number of anilines is 1. The maximum atomic E-state index is 12.4. The summed E-state index contributed by atoms with van der Waals surface area (Å²) in [5.74, 6) is -1.01. The van der Waals surface area contributed by atoms with Crippen molar-refractivity contribution in [2.24, 2.45) is 0 Å². The Bertz CT molecular complexity index is 1200. The van der Waals surface area contributed by atoms with Crippen LogP contribution in [0.2, 0.25) is 5.02 Å². The molecule has 2 amide bonds. The van der Waals surface area contributed by atoms with E-state index < -0.39 is 12.0 Å². The van der Waals surface area contributed by atoms with Crippen LogP contribution in [-0.4, -0.2) is 63.8 Å². The number of rotatable bonds is 8. The fraction of sp³-hybridized carbons (Fsp3) is 0.296. The highest BCUT2D eigenvalue weighted by molar-refractivity contribution is 6.30. The maximum Gasteiger partial charge on any atom is 0.326 e. The highest BCUT2D eigenvalue weighted by Crippen LogP contribution is 2.21. The predicted molar refractivity (Wildman–Crippen MR) is 142 cm³/mol. The summed E-state index contributed by atoms with van der Waals surface area (Å²) in [6.45, 7) is 4.91. The lowest BCUT2D eigenvalue weighted by Gasteiger charge is -2.36. The molecule has 3 aromatic rings. The Morgan fingerprint density at radius 1 is 1.08 bits per heavy atom. The van der Waals surface area contributed by atoms with Crippen molar-refractivity contribution in [1.82, 2.24) is 19.8 Å². The number of hydrogen-bond acceptors (Lipinski definition) is 4. The molecule has 0 bridgehead atoms. The van der Waals surface area contributed by atoms with Crippen LogP contribution in [0.5, 0.6) is 0 Å². The number of halogens is 1. The molecule has 1 atom stereocenters. The molecular formula is C27H30ClN5O3. The van der Waals surface area contributed by atoms with Crippen molar-refractivity contribution in [2.45, 2.75) is 25.9 Å². The van der Waals surface area contributed by atoms with Gasteiger partial charge in [0.2, 0.25) is 0 Å². The van der Waals surface area contributed by atoms with Crippen LogP contribution in [-0.2, 0) is 11.3 Å². The number of urea groups is 1. The second-order valence-corrected chi connectivity index (χ2v) is 9.21. The number of carbonyl (C=O) groups excluding carboxylic acids is 1.